The van der Waals surface area contributed by atoms with Crippen LogP contribution in [0.5, 0.6) is 0 Å². The molecule has 82 valence electrons. The molecule has 0 aliphatic heterocycles. The molecule has 1 aliphatic rings. The minimum absolute atomic E-state index is 0.105. The summed E-state index contributed by atoms with van der Waals surface area (Å²) in [7, 11) is 1.97. The molecule has 1 saturated carbocycles. The zero-order chi connectivity index (χ0) is 10.9. The topological polar surface area (TPSA) is 60.0 Å². The Balaban J connectivity index is 1.86. The Morgan fingerprint density at radius 3 is 2.87 bits per heavy atom. The molecule has 1 aliphatic carbocycles. The van der Waals surface area contributed by atoms with Crippen LogP contribution in [0.4, 0.5) is 0 Å². The van der Waals surface area contributed by atoms with Gasteiger partial charge in [-0.3, -0.25) is 4.79 Å². The van der Waals surface area contributed by atoms with E-state index in [-0.39, 0.29) is 11.3 Å². The first kappa shape index (κ1) is 10.2. The molecule has 1 fully saturated rings. The lowest BCUT2D eigenvalue weighted by atomic mass is 10.1. The number of carbonyl (C=O) groups excluding carboxylic acids is 1. The zero-order valence-corrected chi connectivity index (χ0v) is 8.99. The fraction of sp³-hybridized carbons (Fsp3) is 0.545. The van der Waals surface area contributed by atoms with Crippen molar-refractivity contribution in [2.45, 2.75) is 19.4 Å². The van der Waals surface area contributed by atoms with Crippen LogP contribution in [-0.4, -0.2) is 17.0 Å². The smallest absolute Gasteiger partial charge is 0.227 e. The molecule has 0 radical (unpaired) electrons. The van der Waals surface area contributed by atoms with Gasteiger partial charge in [0.05, 0.1) is 5.41 Å². The molecule has 0 unspecified atom stereocenters. The van der Waals surface area contributed by atoms with Crippen molar-refractivity contribution in [3.8, 4) is 0 Å². The second-order valence-electron chi connectivity index (χ2n) is 4.35. The maximum atomic E-state index is 11.7. The van der Waals surface area contributed by atoms with Crippen molar-refractivity contribution >= 4 is 5.91 Å². The predicted molar refractivity (Wildman–Crippen MR) is 58.0 cm³/mol. The second-order valence-corrected chi connectivity index (χ2v) is 4.35. The highest BCUT2D eigenvalue weighted by atomic mass is 16.2. The van der Waals surface area contributed by atoms with Crippen molar-refractivity contribution in [2.75, 3.05) is 6.54 Å². The lowest BCUT2D eigenvalue weighted by Gasteiger charge is -2.11. The number of aryl methyl sites for hydroxylation is 1. The second kappa shape index (κ2) is 3.70. The fourth-order valence-corrected chi connectivity index (χ4v) is 1.71. The number of rotatable bonds is 4. The van der Waals surface area contributed by atoms with Crippen LogP contribution in [0.2, 0.25) is 0 Å². The fourth-order valence-electron chi connectivity index (χ4n) is 1.71. The Morgan fingerprint density at radius 1 is 1.67 bits per heavy atom. The number of carbonyl (C=O) groups is 1. The van der Waals surface area contributed by atoms with E-state index in [1.807, 2.05) is 30.1 Å². The minimum Gasteiger partial charge on any atom is -0.357 e. The standard InChI is InChI=1S/C11H17N3O/c1-14-5-2-9(7-14)6-13-10(15)11(8-12)3-4-11/h2,5,7H,3-4,6,8,12H2,1H3,(H,13,15). The van der Waals surface area contributed by atoms with Gasteiger partial charge in [0.15, 0.2) is 0 Å². The van der Waals surface area contributed by atoms with Gasteiger partial charge in [0.2, 0.25) is 5.91 Å². The quantitative estimate of drug-likeness (QED) is 0.750. The third-order valence-electron chi connectivity index (χ3n) is 3.07. The van der Waals surface area contributed by atoms with E-state index < -0.39 is 0 Å². The van der Waals surface area contributed by atoms with Crippen LogP contribution in [0, 0.1) is 5.41 Å². The largest absolute Gasteiger partial charge is 0.357 e. The molecule has 3 N–H and O–H groups in total. The van der Waals surface area contributed by atoms with E-state index in [1.165, 1.54) is 0 Å². The lowest BCUT2D eigenvalue weighted by molar-refractivity contribution is -0.126. The van der Waals surface area contributed by atoms with Gasteiger partial charge < -0.3 is 15.6 Å². The van der Waals surface area contributed by atoms with E-state index in [2.05, 4.69) is 5.32 Å². The SMILES string of the molecule is Cn1ccc(CNC(=O)C2(CN)CC2)c1. The molecular formula is C11H17N3O. The van der Waals surface area contributed by atoms with E-state index in [0.717, 1.165) is 18.4 Å². The monoisotopic (exact) mass is 207 g/mol. The Morgan fingerprint density at radius 2 is 2.40 bits per heavy atom. The first-order valence-corrected chi connectivity index (χ1v) is 5.25. The van der Waals surface area contributed by atoms with Crippen LogP contribution < -0.4 is 11.1 Å². The van der Waals surface area contributed by atoms with Crippen molar-refractivity contribution in [3.63, 3.8) is 0 Å². The van der Waals surface area contributed by atoms with Gasteiger partial charge in [0.1, 0.15) is 0 Å². The Hall–Kier alpha value is -1.29. The van der Waals surface area contributed by atoms with E-state index in [9.17, 15) is 4.79 Å². The van der Waals surface area contributed by atoms with Crippen molar-refractivity contribution in [1.29, 1.82) is 0 Å². The Bertz CT molecular complexity index is 366. The molecule has 1 amide bonds. The molecule has 1 aromatic rings. The Labute approximate surface area is 89.5 Å². The van der Waals surface area contributed by atoms with E-state index in [4.69, 9.17) is 5.73 Å². The highest BCUT2D eigenvalue weighted by molar-refractivity contribution is 5.85. The zero-order valence-electron chi connectivity index (χ0n) is 8.99. The molecule has 0 aromatic carbocycles. The third-order valence-corrected chi connectivity index (χ3v) is 3.07. The lowest BCUT2D eigenvalue weighted by Crippen LogP contribution is -2.36. The van der Waals surface area contributed by atoms with Gasteiger partial charge in [-0.25, -0.2) is 0 Å². The molecule has 15 heavy (non-hydrogen) atoms. The summed E-state index contributed by atoms with van der Waals surface area (Å²) >= 11 is 0. The summed E-state index contributed by atoms with van der Waals surface area (Å²) in [6.07, 6.45) is 5.84. The molecule has 4 nitrogen and oxygen atoms in total. The number of amides is 1. The average Bonchev–Trinajstić information content (AvgIpc) is 2.93. The van der Waals surface area contributed by atoms with Gasteiger partial charge in [-0.2, -0.15) is 0 Å². The summed E-state index contributed by atoms with van der Waals surface area (Å²) in [5, 5.41) is 2.93. The summed E-state index contributed by atoms with van der Waals surface area (Å²) < 4.78 is 1.97. The van der Waals surface area contributed by atoms with Crippen LogP contribution in [0.1, 0.15) is 18.4 Å². The summed E-state index contributed by atoms with van der Waals surface area (Å²) in [5.74, 6) is 0.105. The predicted octanol–water partition coefficient (Wildman–Crippen LogP) is 0.380. The highest BCUT2D eigenvalue weighted by Crippen LogP contribution is 2.44. The van der Waals surface area contributed by atoms with Crippen molar-refractivity contribution in [2.24, 2.45) is 18.2 Å². The molecule has 0 spiro atoms. The summed E-state index contributed by atoms with van der Waals surface area (Å²) in [4.78, 5) is 11.7. The normalized spacial score (nSPS) is 17.5. The van der Waals surface area contributed by atoms with E-state index >= 15 is 0 Å². The minimum atomic E-state index is -0.241. The van der Waals surface area contributed by atoms with E-state index in [1.54, 1.807) is 0 Å². The van der Waals surface area contributed by atoms with Crippen LogP contribution in [0.3, 0.4) is 0 Å². The van der Waals surface area contributed by atoms with Gasteiger partial charge in [0.25, 0.3) is 0 Å². The van der Waals surface area contributed by atoms with Crippen LogP contribution >= 0.6 is 0 Å². The molecular weight excluding hydrogens is 190 g/mol. The van der Waals surface area contributed by atoms with Crippen molar-refractivity contribution < 1.29 is 4.79 Å². The average molecular weight is 207 g/mol. The van der Waals surface area contributed by atoms with Crippen LogP contribution in [0.25, 0.3) is 0 Å². The number of hydrogen-bond donors (Lipinski definition) is 2. The maximum absolute atomic E-state index is 11.7. The molecule has 2 rings (SSSR count). The van der Waals surface area contributed by atoms with E-state index in [0.29, 0.717) is 13.1 Å². The number of aromatic nitrogens is 1. The number of nitrogens with one attached hydrogen (secondary N) is 1. The van der Waals surface area contributed by atoms with Gasteiger partial charge >= 0.3 is 0 Å². The third kappa shape index (κ3) is 2.04. The molecule has 0 saturated heterocycles. The maximum Gasteiger partial charge on any atom is 0.227 e. The summed E-state index contributed by atoms with van der Waals surface area (Å²) in [6, 6.07) is 2.00. The Kier molecular flexibility index (Phi) is 2.52. The van der Waals surface area contributed by atoms with Crippen LogP contribution in [-0.2, 0) is 18.4 Å². The first-order valence-electron chi connectivity index (χ1n) is 5.25. The molecule has 0 bridgehead atoms. The van der Waals surface area contributed by atoms with Crippen molar-refractivity contribution in [3.05, 3.63) is 24.0 Å². The number of hydrogen-bond acceptors (Lipinski definition) is 2. The molecule has 1 aromatic heterocycles. The summed E-state index contributed by atoms with van der Waals surface area (Å²) in [5.41, 5.74) is 6.46. The van der Waals surface area contributed by atoms with Gasteiger partial charge in [0, 0.05) is 32.5 Å². The number of nitrogens with two attached hydrogens (primary N) is 1. The number of nitrogens with zero attached hydrogens (tertiary/aromatic N) is 1. The summed E-state index contributed by atoms with van der Waals surface area (Å²) in [6.45, 7) is 1.06. The molecule has 0 atom stereocenters. The van der Waals surface area contributed by atoms with Crippen LogP contribution in [0.15, 0.2) is 18.5 Å². The van der Waals surface area contributed by atoms with Gasteiger partial charge in [-0.1, -0.05) is 0 Å². The first-order chi connectivity index (χ1) is 7.16. The highest BCUT2D eigenvalue weighted by Gasteiger charge is 2.48. The van der Waals surface area contributed by atoms with Gasteiger partial charge in [-0.15, -0.1) is 0 Å². The molecule has 4 heteroatoms. The molecule has 1 heterocycles. The van der Waals surface area contributed by atoms with Crippen molar-refractivity contribution in [1.82, 2.24) is 9.88 Å². The van der Waals surface area contributed by atoms with Gasteiger partial charge in [-0.05, 0) is 24.5 Å².